The summed E-state index contributed by atoms with van der Waals surface area (Å²) in [7, 11) is -3.19. The summed E-state index contributed by atoms with van der Waals surface area (Å²) in [5, 5.41) is 4.25. The molecule has 2 aromatic heterocycles. The molecule has 2 aliphatic rings. The molecule has 0 unspecified atom stereocenters. The standard InChI is InChI=1S/C32H38N6O3S/c1-23-8-6-7-11-28(23)29-20-25-21-33-32(34-26-12-18-37(19-13-26)42(2,40)41)35-30(25)38(31(29)39)27-14-16-36(17-15-27)22-24-9-4-3-5-10-24/h3-11,20-21,26-27H,12-19,22H2,1-2H3,(H,33,34,35). The number of benzene rings is 2. The summed E-state index contributed by atoms with van der Waals surface area (Å²) < 4.78 is 27.3. The molecule has 4 aromatic rings. The Morgan fingerprint density at radius 2 is 1.60 bits per heavy atom. The lowest BCUT2D eigenvalue weighted by Crippen LogP contribution is -2.42. The van der Waals surface area contributed by atoms with Gasteiger partial charge in [0.2, 0.25) is 16.0 Å². The van der Waals surface area contributed by atoms with Gasteiger partial charge in [0.1, 0.15) is 5.65 Å². The van der Waals surface area contributed by atoms with Gasteiger partial charge in [-0.15, -0.1) is 0 Å². The van der Waals surface area contributed by atoms with E-state index in [0.29, 0.717) is 43.1 Å². The number of nitrogens with zero attached hydrogens (tertiary/aromatic N) is 5. The van der Waals surface area contributed by atoms with Crippen LogP contribution in [0.1, 0.15) is 42.9 Å². The summed E-state index contributed by atoms with van der Waals surface area (Å²) in [6.45, 7) is 5.67. The van der Waals surface area contributed by atoms with Crippen molar-refractivity contribution < 1.29 is 8.42 Å². The summed E-state index contributed by atoms with van der Waals surface area (Å²) >= 11 is 0. The van der Waals surface area contributed by atoms with Gasteiger partial charge in [-0.1, -0.05) is 54.6 Å². The van der Waals surface area contributed by atoms with Crippen molar-refractivity contribution in [1.82, 2.24) is 23.7 Å². The number of aryl methyl sites for hydroxylation is 1. The molecule has 0 spiro atoms. The van der Waals surface area contributed by atoms with Gasteiger partial charge in [0.05, 0.1) is 6.26 Å². The number of aromatic nitrogens is 3. The fraction of sp³-hybridized carbons (Fsp3) is 0.406. The first-order valence-corrected chi connectivity index (χ1v) is 16.6. The van der Waals surface area contributed by atoms with E-state index in [-0.39, 0.29) is 17.6 Å². The van der Waals surface area contributed by atoms with Crippen LogP contribution in [0.15, 0.2) is 71.7 Å². The highest BCUT2D eigenvalue weighted by atomic mass is 32.2. The Bertz CT molecular complexity index is 1720. The Morgan fingerprint density at radius 1 is 0.905 bits per heavy atom. The maximum absolute atomic E-state index is 14.2. The molecule has 0 atom stereocenters. The molecule has 0 bridgehead atoms. The number of likely N-dealkylation sites (tertiary alicyclic amines) is 1. The Labute approximate surface area is 247 Å². The van der Waals surface area contributed by atoms with Crippen molar-refractivity contribution in [3.05, 3.63) is 88.3 Å². The van der Waals surface area contributed by atoms with Crippen LogP contribution in [-0.2, 0) is 16.6 Å². The van der Waals surface area contributed by atoms with E-state index in [1.807, 2.05) is 47.9 Å². The first-order chi connectivity index (χ1) is 20.3. The van der Waals surface area contributed by atoms with Gasteiger partial charge in [0.25, 0.3) is 5.56 Å². The second-order valence-electron chi connectivity index (χ2n) is 11.6. The molecule has 2 aromatic carbocycles. The predicted octanol–water partition coefficient (Wildman–Crippen LogP) is 4.44. The van der Waals surface area contributed by atoms with E-state index in [0.717, 1.165) is 49.0 Å². The molecule has 0 aliphatic carbocycles. The fourth-order valence-electron chi connectivity index (χ4n) is 6.29. The van der Waals surface area contributed by atoms with Gasteiger partial charge in [-0.05, 0) is 55.4 Å². The predicted molar refractivity (Wildman–Crippen MR) is 167 cm³/mol. The van der Waals surface area contributed by atoms with Gasteiger partial charge in [0.15, 0.2) is 0 Å². The zero-order valence-corrected chi connectivity index (χ0v) is 25.1. The van der Waals surface area contributed by atoms with Crippen molar-refractivity contribution >= 4 is 27.0 Å². The normalized spacial score (nSPS) is 18.0. The van der Waals surface area contributed by atoms with Crippen LogP contribution >= 0.6 is 0 Å². The number of hydrogen-bond acceptors (Lipinski definition) is 7. The fourth-order valence-corrected chi connectivity index (χ4v) is 7.16. The molecular formula is C32H38N6O3S. The molecule has 220 valence electrons. The molecule has 0 saturated carbocycles. The maximum Gasteiger partial charge on any atom is 0.260 e. The van der Waals surface area contributed by atoms with Gasteiger partial charge in [-0.25, -0.2) is 17.7 Å². The summed E-state index contributed by atoms with van der Waals surface area (Å²) in [4.78, 5) is 26.2. The highest BCUT2D eigenvalue weighted by Gasteiger charge is 2.27. The van der Waals surface area contributed by atoms with Crippen molar-refractivity contribution in [2.24, 2.45) is 0 Å². The number of sulfonamides is 1. The number of hydrogen-bond donors (Lipinski definition) is 1. The molecule has 10 heteroatoms. The average Bonchev–Trinajstić information content (AvgIpc) is 2.98. The quantitative estimate of drug-likeness (QED) is 0.342. The van der Waals surface area contributed by atoms with Gasteiger partial charge in [0, 0.05) is 62.0 Å². The third kappa shape index (κ3) is 6.11. The first-order valence-electron chi connectivity index (χ1n) is 14.7. The van der Waals surface area contributed by atoms with Crippen LogP contribution in [0.25, 0.3) is 22.2 Å². The monoisotopic (exact) mass is 586 g/mol. The lowest BCUT2D eigenvalue weighted by Gasteiger charge is -2.33. The second-order valence-corrected chi connectivity index (χ2v) is 13.6. The molecule has 2 aliphatic heterocycles. The molecule has 4 heterocycles. The third-order valence-corrected chi connectivity index (χ3v) is 9.94. The molecule has 9 nitrogen and oxygen atoms in total. The molecule has 2 fully saturated rings. The summed E-state index contributed by atoms with van der Waals surface area (Å²) in [6.07, 6.45) is 6.12. The molecule has 0 radical (unpaired) electrons. The zero-order valence-electron chi connectivity index (χ0n) is 24.2. The summed E-state index contributed by atoms with van der Waals surface area (Å²) in [5.41, 5.74) is 4.57. The first kappa shape index (κ1) is 28.5. The number of nitrogens with one attached hydrogen (secondary N) is 1. The maximum atomic E-state index is 14.2. The highest BCUT2D eigenvalue weighted by molar-refractivity contribution is 7.88. The lowest BCUT2D eigenvalue weighted by molar-refractivity contribution is 0.180. The minimum atomic E-state index is -3.19. The van der Waals surface area contributed by atoms with E-state index < -0.39 is 10.0 Å². The number of fused-ring (bicyclic) bond motifs is 1. The number of anilines is 1. The van der Waals surface area contributed by atoms with Crippen LogP contribution in [-0.4, -0.2) is 70.6 Å². The van der Waals surface area contributed by atoms with E-state index in [2.05, 4.69) is 39.5 Å². The number of piperidine rings is 2. The topological polar surface area (TPSA) is 100 Å². The number of rotatable bonds is 7. The molecule has 42 heavy (non-hydrogen) atoms. The SMILES string of the molecule is Cc1ccccc1-c1cc2cnc(NC3CCN(S(C)(=O)=O)CC3)nc2n(C2CCN(Cc3ccccc3)CC2)c1=O. The van der Waals surface area contributed by atoms with Crippen molar-refractivity contribution in [3.63, 3.8) is 0 Å². The molecule has 0 amide bonds. The average molecular weight is 587 g/mol. The van der Waals surface area contributed by atoms with E-state index >= 15 is 0 Å². The Kier molecular flexibility index (Phi) is 8.11. The van der Waals surface area contributed by atoms with E-state index in [1.165, 1.54) is 16.1 Å². The van der Waals surface area contributed by atoms with Crippen molar-refractivity contribution in [2.45, 2.75) is 51.2 Å². The number of pyridine rings is 1. The zero-order chi connectivity index (χ0) is 29.3. The molecule has 6 rings (SSSR count). The van der Waals surface area contributed by atoms with Crippen molar-refractivity contribution in [3.8, 4) is 11.1 Å². The minimum Gasteiger partial charge on any atom is -0.351 e. The summed E-state index contributed by atoms with van der Waals surface area (Å²) in [6, 6.07) is 20.5. The molecule has 2 saturated heterocycles. The molecular weight excluding hydrogens is 548 g/mol. The smallest absolute Gasteiger partial charge is 0.260 e. The van der Waals surface area contributed by atoms with Crippen LogP contribution in [0.2, 0.25) is 0 Å². The Morgan fingerprint density at radius 3 is 2.29 bits per heavy atom. The van der Waals surface area contributed by atoms with E-state index in [9.17, 15) is 13.2 Å². The van der Waals surface area contributed by atoms with Gasteiger partial charge in [-0.3, -0.25) is 14.3 Å². The van der Waals surface area contributed by atoms with Crippen LogP contribution in [0, 0.1) is 6.92 Å². The van der Waals surface area contributed by atoms with Crippen LogP contribution in [0.5, 0.6) is 0 Å². The lowest BCUT2D eigenvalue weighted by atomic mass is 9.99. The van der Waals surface area contributed by atoms with Crippen LogP contribution in [0.3, 0.4) is 0 Å². The second kappa shape index (κ2) is 11.9. The third-order valence-electron chi connectivity index (χ3n) is 8.64. The Balaban J connectivity index is 1.31. The largest absolute Gasteiger partial charge is 0.351 e. The highest BCUT2D eigenvalue weighted by Crippen LogP contribution is 2.29. The van der Waals surface area contributed by atoms with E-state index in [4.69, 9.17) is 4.98 Å². The van der Waals surface area contributed by atoms with Gasteiger partial charge >= 0.3 is 0 Å². The van der Waals surface area contributed by atoms with E-state index in [1.54, 1.807) is 6.20 Å². The minimum absolute atomic E-state index is 0.0237. The van der Waals surface area contributed by atoms with Crippen molar-refractivity contribution in [1.29, 1.82) is 0 Å². The molecule has 1 N–H and O–H groups in total. The van der Waals surface area contributed by atoms with Gasteiger partial charge in [-0.2, -0.15) is 4.98 Å². The Hall–Kier alpha value is -3.60. The van der Waals surface area contributed by atoms with Crippen LogP contribution < -0.4 is 10.9 Å². The summed E-state index contributed by atoms with van der Waals surface area (Å²) in [5.74, 6) is 0.471. The van der Waals surface area contributed by atoms with Gasteiger partial charge < -0.3 is 5.32 Å². The van der Waals surface area contributed by atoms with Crippen LogP contribution in [0.4, 0.5) is 5.95 Å². The van der Waals surface area contributed by atoms with Crippen molar-refractivity contribution in [2.75, 3.05) is 37.8 Å².